The lowest BCUT2D eigenvalue weighted by Gasteiger charge is -2.42. The molecule has 0 heterocycles. The molecule has 96 valence electrons. The smallest absolute Gasteiger partial charge is 0.109 e. The van der Waals surface area contributed by atoms with Crippen LogP contribution < -0.4 is 0 Å². The molecule has 1 saturated carbocycles. The van der Waals surface area contributed by atoms with E-state index < -0.39 is 35.9 Å². The first-order valence-corrected chi connectivity index (χ1v) is 5.59. The highest BCUT2D eigenvalue weighted by Gasteiger charge is 2.43. The van der Waals surface area contributed by atoms with Gasteiger partial charge in [0.15, 0.2) is 0 Å². The van der Waals surface area contributed by atoms with Crippen LogP contribution in [0.3, 0.4) is 0 Å². The van der Waals surface area contributed by atoms with Gasteiger partial charge in [0.25, 0.3) is 0 Å². The molecule has 16 heavy (non-hydrogen) atoms. The standard InChI is InChI=1S/C11H22O5/c1-11(2,3)16-7-4-6(5-12)8(13)10(15)9(7)14/h6-10,12-15H,4-5H2,1-3H3/t6?,7-,8+,9?,10-/m0/s1. The average molecular weight is 234 g/mol. The zero-order chi connectivity index (χ0) is 12.5. The van der Waals surface area contributed by atoms with Gasteiger partial charge < -0.3 is 25.2 Å². The molecule has 0 aliphatic heterocycles. The topological polar surface area (TPSA) is 90.2 Å². The molecular formula is C11H22O5. The van der Waals surface area contributed by atoms with Crippen molar-refractivity contribution in [2.24, 2.45) is 5.92 Å². The molecule has 5 heteroatoms. The maximum absolute atomic E-state index is 9.77. The molecule has 4 N–H and O–H groups in total. The number of aliphatic hydroxyl groups excluding tert-OH is 4. The summed E-state index contributed by atoms with van der Waals surface area (Å²) in [4.78, 5) is 0. The van der Waals surface area contributed by atoms with E-state index in [1.165, 1.54) is 0 Å². The van der Waals surface area contributed by atoms with Crippen LogP contribution in [-0.2, 0) is 4.74 Å². The fourth-order valence-electron chi connectivity index (χ4n) is 2.03. The van der Waals surface area contributed by atoms with Gasteiger partial charge in [0.1, 0.15) is 12.2 Å². The van der Waals surface area contributed by atoms with Crippen molar-refractivity contribution >= 4 is 0 Å². The van der Waals surface area contributed by atoms with Gasteiger partial charge in [-0.2, -0.15) is 0 Å². The summed E-state index contributed by atoms with van der Waals surface area (Å²) in [6, 6.07) is 0. The van der Waals surface area contributed by atoms with E-state index in [-0.39, 0.29) is 6.61 Å². The van der Waals surface area contributed by atoms with Gasteiger partial charge in [-0.3, -0.25) is 0 Å². The Kier molecular flexibility index (Phi) is 4.31. The summed E-state index contributed by atoms with van der Waals surface area (Å²) in [5.41, 5.74) is -0.437. The van der Waals surface area contributed by atoms with Crippen LogP contribution in [0.1, 0.15) is 27.2 Å². The first kappa shape index (κ1) is 13.9. The lowest BCUT2D eigenvalue weighted by atomic mass is 9.81. The van der Waals surface area contributed by atoms with Crippen molar-refractivity contribution in [2.75, 3.05) is 6.61 Å². The minimum absolute atomic E-state index is 0.227. The zero-order valence-corrected chi connectivity index (χ0v) is 10.00. The van der Waals surface area contributed by atoms with Crippen molar-refractivity contribution in [3.05, 3.63) is 0 Å². The Bertz CT molecular complexity index is 223. The number of ether oxygens (including phenoxy) is 1. The second-order valence-electron chi connectivity index (χ2n) is 5.42. The van der Waals surface area contributed by atoms with Crippen LogP contribution >= 0.6 is 0 Å². The van der Waals surface area contributed by atoms with Gasteiger partial charge in [0, 0.05) is 12.5 Å². The van der Waals surface area contributed by atoms with E-state index in [1.807, 2.05) is 20.8 Å². The molecular weight excluding hydrogens is 212 g/mol. The van der Waals surface area contributed by atoms with Crippen LogP contribution in [0.5, 0.6) is 0 Å². The van der Waals surface area contributed by atoms with Crippen LogP contribution in [-0.4, -0.2) is 57.0 Å². The maximum Gasteiger partial charge on any atom is 0.109 e. The van der Waals surface area contributed by atoms with E-state index in [0.717, 1.165) is 0 Å². The van der Waals surface area contributed by atoms with Gasteiger partial charge in [-0.05, 0) is 27.2 Å². The highest BCUT2D eigenvalue weighted by molar-refractivity contribution is 4.93. The fourth-order valence-corrected chi connectivity index (χ4v) is 2.03. The fraction of sp³-hybridized carbons (Fsp3) is 1.00. The van der Waals surface area contributed by atoms with Crippen molar-refractivity contribution in [3.8, 4) is 0 Å². The lowest BCUT2D eigenvalue weighted by molar-refractivity contribution is -0.202. The van der Waals surface area contributed by atoms with Crippen LogP contribution in [0.2, 0.25) is 0 Å². The summed E-state index contributed by atoms with van der Waals surface area (Å²) < 4.78 is 5.61. The van der Waals surface area contributed by atoms with Gasteiger partial charge in [0.2, 0.25) is 0 Å². The van der Waals surface area contributed by atoms with Crippen LogP contribution in [0, 0.1) is 5.92 Å². The van der Waals surface area contributed by atoms with E-state index >= 15 is 0 Å². The van der Waals surface area contributed by atoms with Crippen molar-refractivity contribution in [3.63, 3.8) is 0 Å². The molecule has 1 aliphatic rings. The molecule has 0 bridgehead atoms. The molecule has 0 saturated heterocycles. The first-order valence-electron chi connectivity index (χ1n) is 5.59. The number of rotatable bonds is 2. The molecule has 0 radical (unpaired) electrons. The summed E-state index contributed by atoms with van der Waals surface area (Å²) in [5.74, 6) is -0.453. The minimum Gasteiger partial charge on any atom is -0.396 e. The van der Waals surface area contributed by atoms with Gasteiger partial charge in [-0.1, -0.05) is 0 Å². The summed E-state index contributed by atoms with van der Waals surface area (Å²) in [7, 11) is 0. The second-order valence-corrected chi connectivity index (χ2v) is 5.42. The molecule has 5 nitrogen and oxygen atoms in total. The molecule has 0 aromatic rings. The average Bonchev–Trinajstić information content (AvgIpc) is 2.17. The Morgan fingerprint density at radius 1 is 1.06 bits per heavy atom. The van der Waals surface area contributed by atoms with Crippen LogP contribution in [0.4, 0.5) is 0 Å². The first-order chi connectivity index (χ1) is 7.26. The predicted octanol–water partition coefficient (Wildman–Crippen LogP) is -0.735. The normalized spacial score (nSPS) is 41.1. The van der Waals surface area contributed by atoms with Crippen LogP contribution in [0.25, 0.3) is 0 Å². The summed E-state index contributed by atoms with van der Waals surface area (Å²) in [6.45, 7) is 5.33. The van der Waals surface area contributed by atoms with Crippen molar-refractivity contribution in [2.45, 2.75) is 57.2 Å². The molecule has 1 aliphatic carbocycles. The summed E-state index contributed by atoms with van der Waals surface area (Å²) in [6.07, 6.45) is -3.70. The Balaban J connectivity index is 2.71. The lowest BCUT2D eigenvalue weighted by Crippen LogP contribution is -2.56. The van der Waals surface area contributed by atoms with Gasteiger partial charge >= 0.3 is 0 Å². The van der Waals surface area contributed by atoms with Crippen molar-refractivity contribution in [1.29, 1.82) is 0 Å². The van der Waals surface area contributed by atoms with E-state index in [0.29, 0.717) is 6.42 Å². The zero-order valence-electron chi connectivity index (χ0n) is 10.00. The third-order valence-corrected chi connectivity index (χ3v) is 2.84. The van der Waals surface area contributed by atoms with E-state index in [4.69, 9.17) is 9.84 Å². The Morgan fingerprint density at radius 2 is 1.62 bits per heavy atom. The van der Waals surface area contributed by atoms with Gasteiger partial charge in [-0.15, -0.1) is 0 Å². The van der Waals surface area contributed by atoms with Crippen molar-refractivity contribution in [1.82, 2.24) is 0 Å². The molecule has 0 spiro atoms. The second kappa shape index (κ2) is 4.98. The van der Waals surface area contributed by atoms with Gasteiger partial charge in [0.05, 0.1) is 17.8 Å². The molecule has 0 amide bonds. The van der Waals surface area contributed by atoms with Crippen molar-refractivity contribution < 1.29 is 25.2 Å². The third kappa shape index (κ3) is 3.15. The predicted molar refractivity (Wildman–Crippen MR) is 57.8 cm³/mol. The maximum atomic E-state index is 9.77. The molecule has 0 aromatic heterocycles. The summed E-state index contributed by atoms with van der Waals surface area (Å²) >= 11 is 0. The number of hydrogen-bond acceptors (Lipinski definition) is 5. The Hall–Kier alpha value is -0.200. The highest BCUT2D eigenvalue weighted by atomic mass is 16.5. The number of aliphatic hydroxyl groups is 4. The van der Waals surface area contributed by atoms with E-state index in [2.05, 4.69) is 0 Å². The highest BCUT2D eigenvalue weighted by Crippen LogP contribution is 2.30. The monoisotopic (exact) mass is 234 g/mol. The van der Waals surface area contributed by atoms with Gasteiger partial charge in [-0.25, -0.2) is 0 Å². The van der Waals surface area contributed by atoms with Crippen LogP contribution in [0.15, 0.2) is 0 Å². The third-order valence-electron chi connectivity index (χ3n) is 2.84. The summed E-state index contributed by atoms with van der Waals surface area (Å²) in [5, 5.41) is 38.1. The molecule has 2 unspecified atom stereocenters. The Labute approximate surface area is 95.7 Å². The Morgan fingerprint density at radius 3 is 2.06 bits per heavy atom. The quantitative estimate of drug-likeness (QED) is 0.505. The minimum atomic E-state index is -1.27. The number of hydrogen-bond donors (Lipinski definition) is 4. The SMILES string of the molecule is CC(C)(C)O[C@H]1CC(CO)[C@@H](O)[C@H](O)C1O. The molecule has 5 atom stereocenters. The van der Waals surface area contributed by atoms with E-state index in [9.17, 15) is 15.3 Å². The van der Waals surface area contributed by atoms with E-state index in [1.54, 1.807) is 0 Å². The molecule has 0 aromatic carbocycles. The largest absolute Gasteiger partial charge is 0.396 e. The molecule has 1 fully saturated rings. The molecule has 1 rings (SSSR count).